The number of para-hydroxylation sites is 2. The van der Waals surface area contributed by atoms with Gasteiger partial charge >= 0.3 is 0 Å². The average Bonchev–Trinajstić information content (AvgIpc) is 2.89. The molecule has 0 N–H and O–H groups in total. The number of halogens is 2. The summed E-state index contributed by atoms with van der Waals surface area (Å²) in [4.78, 5) is 11.8. The molecule has 0 heterocycles. The van der Waals surface area contributed by atoms with E-state index in [0.717, 1.165) is 50.5 Å². The number of hydrogen-bond acceptors (Lipinski definition) is 4. The van der Waals surface area contributed by atoms with Crippen molar-refractivity contribution in [1.82, 2.24) is 0 Å². The predicted octanol–water partition coefficient (Wildman–Crippen LogP) is 9.77. The van der Waals surface area contributed by atoms with Gasteiger partial charge in [-0.15, -0.1) is 23.5 Å². The van der Waals surface area contributed by atoms with Crippen LogP contribution in [0.1, 0.15) is 17.5 Å². The molecule has 0 bridgehead atoms. The molecule has 6 heteroatoms. The molecule has 4 aromatic rings. The molecule has 4 rings (SSSR count). The molecular formula is C29H24Cl2N2S2. The predicted molar refractivity (Wildman–Crippen MR) is 156 cm³/mol. The highest BCUT2D eigenvalue weighted by atomic mass is 35.5. The van der Waals surface area contributed by atoms with Crippen LogP contribution in [0.5, 0.6) is 0 Å². The Balaban J connectivity index is 1.29. The Kier molecular flexibility index (Phi) is 9.91. The Hall–Kier alpha value is -2.50. The summed E-state index contributed by atoms with van der Waals surface area (Å²) in [6, 6.07) is 31.9. The fourth-order valence-corrected chi connectivity index (χ4v) is 5.52. The smallest absolute Gasteiger partial charge is 0.0765 e. The molecule has 0 radical (unpaired) electrons. The Bertz CT molecular complexity index is 1190. The van der Waals surface area contributed by atoms with Crippen LogP contribution in [-0.4, -0.2) is 23.9 Å². The van der Waals surface area contributed by atoms with Gasteiger partial charge in [0.05, 0.1) is 11.4 Å². The summed E-state index contributed by atoms with van der Waals surface area (Å²) in [6.45, 7) is 0. The van der Waals surface area contributed by atoms with Crippen molar-refractivity contribution in [2.45, 2.75) is 16.2 Å². The molecule has 0 amide bonds. The van der Waals surface area contributed by atoms with Crippen LogP contribution in [0.25, 0.3) is 0 Å². The zero-order valence-corrected chi connectivity index (χ0v) is 22.1. The van der Waals surface area contributed by atoms with Gasteiger partial charge in [0.1, 0.15) is 0 Å². The number of hydrogen-bond donors (Lipinski definition) is 0. The lowest BCUT2D eigenvalue weighted by Crippen LogP contribution is -1.86. The molecule has 0 aromatic heterocycles. The quantitative estimate of drug-likeness (QED) is 0.115. The fourth-order valence-electron chi connectivity index (χ4n) is 3.18. The third-order valence-corrected chi connectivity index (χ3v) is 7.78. The summed E-state index contributed by atoms with van der Waals surface area (Å²) >= 11 is 15.6. The van der Waals surface area contributed by atoms with Crippen molar-refractivity contribution >= 4 is 70.5 Å². The maximum Gasteiger partial charge on any atom is 0.0765 e. The van der Waals surface area contributed by atoms with Crippen LogP contribution in [0, 0.1) is 0 Å². The minimum absolute atomic E-state index is 0.729. The maximum atomic E-state index is 5.97. The van der Waals surface area contributed by atoms with Gasteiger partial charge in [0.15, 0.2) is 0 Å². The van der Waals surface area contributed by atoms with Gasteiger partial charge in [0.2, 0.25) is 0 Å². The van der Waals surface area contributed by atoms with Crippen molar-refractivity contribution in [2.75, 3.05) is 11.5 Å². The molecule has 2 nitrogen and oxygen atoms in total. The zero-order valence-electron chi connectivity index (χ0n) is 19.0. The Morgan fingerprint density at radius 2 is 0.943 bits per heavy atom. The first-order chi connectivity index (χ1) is 17.2. The van der Waals surface area contributed by atoms with Crippen LogP contribution in [0.4, 0.5) is 11.4 Å². The zero-order chi connectivity index (χ0) is 24.3. The van der Waals surface area contributed by atoms with Crippen molar-refractivity contribution in [3.8, 4) is 0 Å². The van der Waals surface area contributed by atoms with Gasteiger partial charge in [-0.3, -0.25) is 9.98 Å². The summed E-state index contributed by atoms with van der Waals surface area (Å²) in [5, 5.41) is 1.46. The Morgan fingerprint density at radius 3 is 1.37 bits per heavy atom. The highest BCUT2D eigenvalue weighted by Crippen LogP contribution is 2.32. The van der Waals surface area contributed by atoms with E-state index in [1.165, 1.54) is 9.79 Å². The highest BCUT2D eigenvalue weighted by molar-refractivity contribution is 8.00. The molecule has 0 aliphatic carbocycles. The van der Waals surface area contributed by atoms with Crippen LogP contribution < -0.4 is 0 Å². The summed E-state index contributed by atoms with van der Waals surface area (Å²) < 4.78 is 0. The standard InChI is InChI=1S/C29H24Cl2N2S2/c30-24-14-10-22(11-15-24)20-32-26-6-1-3-8-28(26)34-18-5-19-35-29-9-4-2-7-27(29)33-21-23-12-16-25(31)17-13-23/h1-4,6-17,20-21H,5,18-19H2. The highest BCUT2D eigenvalue weighted by Gasteiger charge is 2.04. The van der Waals surface area contributed by atoms with Crippen molar-refractivity contribution in [3.63, 3.8) is 0 Å². The minimum Gasteiger partial charge on any atom is -0.255 e. The summed E-state index contributed by atoms with van der Waals surface area (Å²) in [5.41, 5.74) is 4.04. The second kappa shape index (κ2) is 13.6. The van der Waals surface area contributed by atoms with E-state index in [0.29, 0.717) is 0 Å². The second-order valence-electron chi connectivity index (χ2n) is 7.61. The van der Waals surface area contributed by atoms with E-state index >= 15 is 0 Å². The van der Waals surface area contributed by atoms with Crippen LogP contribution >= 0.6 is 46.7 Å². The van der Waals surface area contributed by atoms with E-state index in [-0.39, 0.29) is 0 Å². The van der Waals surface area contributed by atoms with E-state index in [2.05, 4.69) is 36.4 Å². The first kappa shape index (κ1) is 25.6. The molecule has 0 saturated carbocycles. The number of thioether (sulfide) groups is 2. The van der Waals surface area contributed by atoms with E-state index < -0.39 is 0 Å². The molecule has 0 unspecified atom stereocenters. The molecule has 0 saturated heterocycles. The molecule has 35 heavy (non-hydrogen) atoms. The van der Waals surface area contributed by atoms with Gasteiger partial charge in [-0.1, -0.05) is 71.7 Å². The van der Waals surface area contributed by atoms with Crippen LogP contribution in [-0.2, 0) is 0 Å². The van der Waals surface area contributed by atoms with Gasteiger partial charge < -0.3 is 0 Å². The van der Waals surface area contributed by atoms with E-state index in [4.69, 9.17) is 33.2 Å². The van der Waals surface area contributed by atoms with Crippen LogP contribution in [0.2, 0.25) is 10.0 Å². The first-order valence-electron chi connectivity index (χ1n) is 11.2. The van der Waals surface area contributed by atoms with Crippen LogP contribution in [0.3, 0.4) is 0 Å². The Labute approximate surface area is 225 Å². The van der Waals surface area contributed by atoms with Gasteiger partial charge in [-0.2, -0.15) is 0 Å². The van der Waals surface area contributed by atoms with Crippen molar-refractivity contribution < 1.29 is 0 Å². The number of rotatable bonds is 10. The lowest BCUT2D eigenvalue weighted by Gasteiger charge is -2.07. The largest absolute Gasteiger partial charge is 0.255 e. The van der Waals surface area contributed by atoms with Crippen molar-refractivity contribution in [2.24, 2.45) is 9.98 Å². The average molecular weight is 536 g/mol. The molecule has 0 fully saturated rings. The second-order valence-corrected chi connectivity index (χ2v) is 10.8. The molecule has 0 spiro atoms. The molecular weight excluding hydrogens is 511 g/mol. The lowest BCUT2D eigenvalue weighted by molar-refractivity contribution is 1.12. The monoisotopic (exact) mass is 534 g/mol. The normalized spacial score (nSPS) is 11.5. The molecule has 4 aromatic carbocycles. The maximum absolute atomic E-state index is 5.97. The summed E-state index contributed by atoms with van der Waals surface area (Å²) in [5.74, 6) is 2.05. The summed E-state index contributed by atoms with van der Waals surface area (Å²) in [6.07, 6.45) is 4.85. The lowest BCUT2D eigenvalue weighted by atomic mass is 10.2. The van der Waals surface area contributed by atoms with E-state index in [1.54, 1.807) is 0 Å². The third-order valence-electron chi connectivity index (χ3n) is 4.98. The number of aliphatic imine (C=N–C) groups is 2. The third kappa shape index (κ3) is 8.29. The molecule has 0 aliphatic rings. The fraction of sp³-hybridized carbons (Fsp3) is 0.103. The van der Waals surface area contributed by atoms with Gasteiger partial charge in [0, 0.05) is 32.3 Å². The van der Waals surface area contributed by atoms with E-state index in [9.17, 15) is 0 Å². The number of nitrogens with zero attached hydrogens (tertiary/aromatic N) is 2. The first-order valence-corrected chi connectivity index (χ1v) is 13.9. The van der Waals surface area contributed by atoms with Crippen molar-refractivity contribution in [3.05, 3.63) is 118 Å². The van der Waals surface area contributed by atoms with Gasteiger partial charge in [0.25, 0.3) is 0 Å². The number of benzene rings is 4. The minimum atomic E-state index is 0.729. The van der Waals surface area contributed by atoms with Crippen molar-refractivity contribution in [1.29, 1.82) is 0 Å². The topological polar surface area (TPSA) is 24.7 Å². The van der Waals surface area contributed by atoms with Crippen LogP contribution in [0.15, 0.2) is 117 Å². The van der Waals surface area contributed by atoms with E-state index in [1.807, 2.05) is 96.6 Å². The molecule has 0 aliphatic heterocycles. The Morgan fingerprint density at radius 1 is 0.543 bits per heavy atom. The van der Waals surface area contributed by atoms with Gasteiger partial charge in [-0.25, -0.2) is 0 Å². The molecule has 0 atom stereocenters. The SMILES string of the molecule is Clc1ccc(C=Nc2ccccc2SCCCSc2ccccc2N=Cc2ccc(Cl)cc2)cc1. The molecule has 176 valence electrons. The summed E-state index contributed by atoms with van der Waals surface area (Å²) in [7, 11) is 0. The van der Waals surface area contributed by atoms with Gasteiger partial charge in [-0.05, 0) is 77.6 Å².